The smallest absolute Gasteiger partial charge is 0.183 e. The van der Waals surface area contributed by atoms with Crippen molar-refractivity contribution in [3.63, 3.8) is 0 Å². The van der Waals surface area contributed by atoms with Crippen molar-refractivity contribution < 1.29 is 0 Å². The van der Waals surface area contributed by atoms with Crippen LogP contribution >= 0.6 is 0 Å². The van der Waals surface area contributed by atoms with Crippen LogP contribution < -0.4 is 4.90 Å². The van der Waals surface area contributed by atoms with Crippen LogP contribution in [0.1, 0.15) is 37.8 Å². The lowest BCUT2D eigenvalue weighted by Gasteiger charge is -2.32. The molecule has 0 N–H and O–H groups in total. The SMILES string of the molecule is CN(c1nccnc1C#N)C1CCCCC1. The Morgan fingerprint density at radius 3 is 2.62 bits per heavy atom. The Kier molecular flexibility index (Phi) is 3.35. The van der Waals surface area contributed by atoms with Crippen LogP contribution in [0.5, 0.6) is 0 Å². The van der Waals surface area contributed by atoms with Gasteiger partial charge in [0.2, 0.25) is 0 Å². The third kappa shape index (κ3) is 2.13. The molecule has 16 heavy (non-hydrogen) atoms. The fourth-order valence-electron chi connectivity index (χ4n) is 2.31. The fraction of sp³-hybridized carbons (Fsp3) is 0.583. The van der Waals surface area contributed by atoms with Gasteiger partial charge in [0, 0.05) is 25.5 Å². The molecule has 4 nitrogen and oxygen atoms in total. The lowest BCUT2D eigenvalue weighted by Crippen LogP contribution is -2.34. The van der Waals surface area contributed by atoms with Crippen LogP contribution in [-0.2, 0) is 0 Å². The van der Waals surface area contributed by atoms with E-state index in [4.69, 9.17) is 5.26 Å². The summed E-state index contributed by atoms with van der Waals surface area (Å²) in [6.45, 7) is 0. The first-order chi connectivity index (χ1) is 7.83. The minimum Gasteiger partial charge on any atom is -0.354 e. The third-order valence-electron chi connectivity index (χ3n) is 3.24. The highest BCUT2D eigenvalue weighted by molar-refractivity contribution is 5.49. The quantitative estimate of drug-likeness (QED) is 0.759. The van der Waals surface area contributed by atoms with E-state index in [1.807, 2.05) is 7.05 Å². The van der Waals surface area contributed by atoms with Crippen LogP contribution in [-0.4, -0.2) is 23.1 Å². The predicted octanol–water partition coefficient (Wildman–Crippen LogP) is 2.12. The zero-order valence-corrected chi connectivity index (χ0v) is 9.56. The maximum atomic E-state index is 8.99. The Labute approximate surface area is 95.9 Å². The summed E-state index contributed by atoms with van der Waals surface area (Å²) in [5, 5.41) is 8.99. The van der Waals surface area contributed by atoms with Crippen LogP contribution in [0.3, 0.4) is 0 Å². The van der Waals surface area contributed by atoms with Gasteiger partial charge in [0.1, 0.15) is 6.07 Å². The molecular formula is C12H16N4. The second-order valence-corrected chi connectivity index (χ2v) is 4.24. The predicted molar refractivity (Wildman–Crippen MR) is 62.0 cm³/mol. The molecular weight excluding hydrogens is 200 g/mol. The van der Waals surface area contributed by atoms with E-state index in [0.29, 0.717) is 11.7 Å². The van der Waals surface area contributed by atoms with Crippen molar-refractivity contribution in [2.75, 3.05) is 11.9 Å². The summed E-state index contributed by atoms with van der Waals surface area (Å²) < 4.78 is 0. The minimum absolute atomic E-state index is 0.426. The maximum Gasteiger partial charge on any atom is 0.183 e. The van der Waals surface area contributed by atoms with Crippen LogP contribution in [0.4, 0.5) is 5.82 Å². The molecule has 1 heterocycles. The second kappa shape index (κ2) is 4.93. The molecule has 1 aromatic heterocycles. The van der Waals surface area contributed by atoms with Crippen LogP contribution in [0.25, 0.3) is 0 Å². The average Bonchev–Trinajstić information content (AvgIpc) is 2.39. The van der Waals surface area contributed by atoms with E-state index in [1.165, 1.54) is 32.1 Å². The number of nitrogens with zero attached hydrogens (tertiary/aromatic N) is 4. The highest BCUT2D eigenvalue weighted by atomic mass is 15.2. The van der Waals surface area contributed by atoms with Gasteiger partial charge >= 0.3 is 0 Å². The zero-order chi connectivity index (χ0) is 11.4. The summed E-state index contributed by atoms with van der Waals surface area (Å²) in [6.07, 6.45) is 9.48. The maximum absolute atomic E-state index is 8.99. The Hall–Kier alpha value is -1.63. The van der Waals surface area contributed by atoms with Gasteiger partial charge in [-0.25, -0.2) is 9.97 Å². The van der Waals surface area contributed by atoms with Gasteiger partial charge in [-0.15, -0.1) is 0 Å². The summed E-state index contributed by atoms with van der Waals surface area (Å²) in [5.41, 5.74) is 0.426. The highest BCUT2D eigenvalue weighted by Crippen LogP contribution is 2.25. The molecule has 0 bridgehead atoms. The molecule has 0 amide bonds. The van der Waals surface area contributed by atoms with Crippen molar-refractivity contribution in [3.8, 4) is 6.07 Å². The number of nitriles is 1. The molecule has 0 saturated heterocycles. The van der Waals surface area contributed by atoms with E-state index in [1.54, 1.807) is 12.4 Å². The number of anilines is 1. The lowest BCUT2D eigenvalue weighted by molar-refractivity contribution is 0.425. The lowest BCUT2D eigenvalue weighted by atomic mass is 9.94. The van der Waals surface area contributed by atoms with Gasteiger partial charge in [-0.05, 0) is 12.8 Å². The van der Waals surface area contributed by atoms with Crippen LogP contribution in [0.2, 0.25) is 0 Å². The molecule has 84 valence electrons. The standard InChI is InChI=1S/C12H16N4/c1-16(10-5-3-2-4-6-10)12-11(9-13)14-7-8-15-12/h7-8,10H,2-6H2,1H3. The Morgan fingerprint density at radius 1 is 1.25 bits per heavy atom. The number of rotatable bonds is 2. The van der Waals surface area contributed by atoms with Crippen molar-refractivity contribution in [3.05, 3.63) is 18.1 Å². The van der Waals surface area contributed by atoms with E-state index in [0.717, 1.165) is 5.82 Å². The molecule has 0 spiro atoms. The monoisotopic (exact) mass is 216 g/mol. The van der Waals surface area contributed by atoms with Crippen molar-refractivity contribution in [1.29, 1.82) is 5.26 Å². The third-order valence-corrected chi connectivity index (χ3v) is 3.24. The average molecular weight is 216 g/mol. The Morgan fingerprint density at radius 2 is 1.94 bits per heavy atom. The Bertz CT molecular complexity index is 390. The topological polar surface area (TPSA) is 52.8 Å². The summed E-state index contributed by atoms with van der Waals surface area (Å²) in [5.74, 6) is 0.719. The van der Waals surface area contributed by atoms with Crippen LogP contribution in [0, 0.1) is 11.3 Å². The molecule has 1 aromatic rings. The largest absolute Gasteiger partial charge is 0.354 e. The molecule has 1 saturated carbocycles. The van der Waals surface area contributed by atoms with Gasteiger partial charge in [0.15, 0.2) is 11.5 Å². The van der Waals surface area contributed by atoms with Gasteiger partial charge in [0.05, 0.1) is 0 Å². The van der Waals surface area contributed by atoms with Crippen molar-refractivity contribution in [1.82, 2.24) is 9.97 Å². The first kappa shape index (κ1) is 10.9. The van der Waals surface area contributed by atoms with E-state index in [-0.39, 0.29) is 0 Å². The number of aromatic nitrogens is 2. The Balaban J connectivity index is 2.19. The van der Waals surface area contributed by atoms with Crippen molar-refractivity contribution >= 4 is 5.82 Å². The molecule has 0 aliphatic heterocycles. The first-order valence-corrected chi connectivity index (χ1v) is 5.77. The molecule has 0 unspecified atom stereocenters. The summed E-state index contributed by atoms with van der Waals surface area (Å²) in [6, 6.07) is 2.61. The molecule has 0 radical (unpaired) electrons. The number of hydrogen-bond acceptors (Lipinski definition) is 4. The van der Waals surface area contributed by atoms with Gasteiger partial charge in [-0.2, -0.15) is 5.26 Å². The van der Waals surface area contributed by atoms with Gasteiger partial charge < -0.3 is 4.90 Å². The minimum atomic E-state index is 0.426. The molecule has 1 aliphatic carbocycles. The summed E-state index contributed by atoms with van der Waals surface area (Å²) in [7, 11) is 2.01. The summed E-state index contributed by atoms with van der Waals surface area (Å²) in [4.78, 5) is 10.4. The molecule has 4 heteroatoms. The van der Waals surface area contributed by atoms with Crippen molar-refractivity contribution in [2.24, 2.45) is 0 Å². The molecule has 1 aliphatic rings. The van der Waals surface area contributed by atoms with E-state index in [9.17, 15) is 0 Å². The molecule has 0 atom stereocenters. The zero-order valence-electron chi connectivity index (χ0n) is 9.56. The normalized spacial score (nSPS) is 16.8. The molecule has 0 aromatic carbocycles. The second-order valence-electron chi connectivity index (χ2n) is 4.24. The fourth-order valence-corrected chi connectivity index (χ4v) is 2.31. The van der Waals surface area contributed by atoms with Crippen molar-refractivity contribution in [2.45, 2.75) is 38.1 Å². The molecule has 1 fully saturated rings. The summed E-state index contributed by atoms with van der Waals surface area (Å²) >= 11 is 0. The number of hydrogen-bond donors (Lipinski definition) is 0. The van der Waals surface area contributed by atoms with Crippen LogP contribution in [0.15, 0.2) is 12.4 Å². The van der Waals surface area contributed by atoms with E-state index < -0.39 is 0 Å². The molecule has 2 rings (SSSR count). The van der Waals surface area contributed by atoms with Gasteiger partial charge in [-0.3, -0.25) is 0 Å². The van der Waals surface area contributed by atoms with Gasteiger partial charge in [0.25, 0.3) is 0 Å². The first-order valence-electron chi connectivity index (χ1n) is 5.77. The highest BCUT2D eigenvalue weighted by Gasteiger charge is 2.21. The van der Waals surface area contributed by atoms with E-state index in [2.05, 4.69) is 20.9 Å². The van der Waals surface area contributed by atoms with E-state index >= 15 is 0 Å². The van der Waals surface area contributed by atoms with Gasteiger partial charge in [-0.1, -0.05) is 19.3 Å².